The van der Waals surface area contributed by atoms with Gasteiger partial charge >= 0.3 is 11.9 Å². The largest absolute Gasteiger partial charge is 0.481 e. The Balaban J connectivity index is 1.84. The Kier molecular flexibility index (Phi) is 3.71. The van der Waals surface area contributed by atoms with E-state index in [9.17, 15) is 14.7 Å². The Labute approximate surface area is 131 Å². The molecule has 2 N–H and O–H groups in total. The molecule has 2 aliphatic carbocycles. The van der Waals surface area contributed by atoms with E-state index in [4.69, 9.17) is 15.4 Å². The van der Waals surface area contributed by atoms with Gasteiger partial charge in [0.25, 0.3) is 0 Å². The fourth-order valence-corrected chi connectivity index (χ4v) is 3.74. The molecule has 120 valence electrons. The molecule has 2 fully saturated rings. The number of aliphatic carboxylic acids is 2. The van der Waals surface area contributed by atoms with Gasteiger partial charge in [0.15, 0.2) is 5.54 Å². The molecule has 0 heterocycles. The number of nitrogens with zero attached hydrogens (tertiary/aromatic N) is 3. The van der Waals surface area contributed by atoms with Gasteiger partial charge in [-0.25, -0.2) is 0 Å². The minimum absolute atomic E-state index is 0.179. The van der Waals surface area contributed by atoms with E-state index in [1.54, 1.807) is 0 Å². The molecule has 1 aromatic carbocycles. The maximum absolute atomic E-state index is 11.8. The Morgan fingerprint density at radius 1 is 1.35 bits per heavy atom. The molecule has 2 aliphatic rings. The molecule has 8 nitrogen and oxygen atoms in total. The minimum atomic E-state index is -1.85. The van der Waals surface area contributed by atoms with Gasteiger partial charge in [-0.1, -0.05) is 35.4 Å². The highest BCUT2D eigenvalue weighted by atomic mass is 16.5. The molecule has 0 unspecified atom stereocenters. The number of azide groups is 1. The number of fused-ring (bicyclic) bond motifs is 1. The Morgan fingerprint density at radius 2 is 2.04 bits per heavy atom. The number of ether oxygens (including phenoxy) is 1. The van der Waals surface area contributed by atoms with Crippen LogP contribution in [0, 0.1) is 17.8 Å². The van der Waals surface area contributed by atoms with Gasteiger partial charge in [0.2, 0.25) is 0 Å². The molecule has 0 bridgehead atoms. The minimum Gasteiger partial charge on any atom is -0.481 e. The molecule has 3 rings (SSSR count). The SMILES string of the molecule is [N-]=[N+]=N[C@]1(C(=O)O)[C@H]2[C@@H](C[C@H]1OCc1ccccc1)[C@@H]2C(=O)O. The molecular formula is C15H15N3O5. The van der Waals surface area contributed by atoms with Gasteiger partial charge in [0.1, 0.15) is 0 Å². The summed E-state index contributed by atoms with van der Waals surface area (Å²) in [5.41, 5.74) is 7.81. The van der Waals surface area contributed by atoms with Gasteiger partial charge in [0.05, 0.1) is 18.6 Å². The van der Waals surface area contributed by atoms with Crippen molar-refractivity contribution in [3.63, 3.8) is 0 Å². The monoisotopic (exact) mass is 317 g/mol. The quantitative estimate of drug-likeness (QED) is 0.470. The molecule has 0 aliphatic heterocycles. The number of benzene rings is 1. The van der Waals surface area contributed by atoms with Crippen LogP contribution >= 0.6 is 0 Å². The molecule has 1 aromatic rings. The molecule has 0 saturated heterocycles. The van der Waals surface area contributed by atoms with E-state index in [0.717, 1.165) is 5.56 Å². The lowest BCUT2D eigenvalue weighted by Crippen LogP contribution is -2.49. The van der Waals surface area contributed by atoms with Crippen LogP contribution < -0.4 is 0 Å². The van der Waals surface area contributed by atoms with Crippen LogP contribution in [0.2, 0.25) is 0 Å². The molecule has 8 heteroatoms. The highest BCUT2D eigenvalue weighted by Crippen LogP contribution is 2.64. The Bertz CT molecular complexity index is 684. The lowest BCUT2D eigenvalue weighted by Gasteiger charge is -2.30. The first-order chi connectivity index (χ1) is 11.0. The zero-order valence-electron chi connectivity index (χ0n) is 12.1. The standard InChI is InChI=1S/C15H15N3O5/c16-18-17-15(14(21)22)10(6-9-11(12(9)15)13(19)20)23-7-8-4-2-1-3-5-8/h1-5,9-12H,6-7H2,(H,19,20)(H,21,22)/t9-,10+,11-,12-,15-/m0/s1. The van der Waals surface area contributed by atoms with Crippen molar-refractivity contribution in [2.24, 2.45) is 22.9 Å². The van der Waals surface area contributed by atoms with Gasteiger partial charge in [-0.2, -0.15) is 0 Å². The molecule has 0 amide bonds. The predicted molar refractivity (Wildman–Crippen MR) is 77.3 cm³/mol. The van der Waals surface area contributed by atoms with E-state index in [0.29, 0.717) is 0 Å². The fourth-order valence-electron chi connectivity index (χ4n) is 3.74. The second-order valence-electron chi connectivity index (χ2n) is 5.89. The molecule has 0 radical (unpaired) electrons. The van der Waals surface area contributed by atoms with Gasteiger partial charge in [-0.05, 0) is 23.4 Å². The summed E-state index contributed by atoms with van der Waals surface area (Å²) in [6.45, 7) is 0.179. The van der Waals surface area contributed by atoms with Gasteiger partial charge in [0, 0.05) is 10.8 Å². The summed E-state index contributed by atoms with van der Waals surface area (Å²) >= 11 is 0. The average Bonchev–Trinajstić information content (AvgIpc) is 3.16. The van der Waals surface area contributed by atoms with E-state index < -0.39 is 35.4 Å². The average molecular weight is 317 g/mol. The van der Waals surface area contributed by atoms with Crippen LogP contribution in [-0.4, -0.2) is 33.8 Å². The van der Waals surface area contributed by atoms with Crippen molar-refractivity contribution in [1.29, 1.82) is 0 Å². The lowest BCUT2D eigenvalue weighted by atomic mass is 9.88. The van der Waals surface area contributed by atoms with Crippen molar-refractivity contribution in [1.82, 2.24) is 0 Å². The first kappa shape index (κ1) is 15.3. The first-order valence-electron chi connectivity index (χ1n) is 7.20. The molecule has 0 aromatic heterocycles. The van der Waals surface area contributed by atoms with Gasteiger partial charge < -0.3 is 14.9 Å². The van der Waals surface area contributed by atoms with Crippen LogP contribution in [0.25, 0.3) is 10.4 Å². The number of carbonyl (C=O) groups is 2. The summed E-state index contributed by atoms with van der Waals surface area (Å²) in [6.07, 6.45) is -0.568. The fraction of sp³-hybridized carbons (Fsp3) is 0.467. The summed E-state index contributed by atoms with van der Waals surface area (Å²) < 4.78 is 5.71. The number of carboxylic acids is 2. The van der Waals surface area contributed by atoms with Crippen molar-refractivity contribution in [3.05, 3.63) is 46.3 Å². The first-order valence-corrected chi connectivity index (χ1v) is 7.20. The van der Waals surface area contributed by atoms with E-state index in [2.05, 4.69) is 10.0 Å². The second-order valence-corrected chi connectivity index (χ2v) is 5.89. The van der Waals surface area contributed by atoms with Crippen LogP contribution in [0.5, 0.6) is 0 Å². The van der Waals surface area contributed by atoms with E-state index in [1.807, 2.05) is 30.3 Å². The zero-order valence-corrected chi connectivity index (χ0v) is 12.1. The van der Waals surface area contributed by atoms with E-state index in [1.165, 1.54) is 0 Å². The summed E-state index contributed by atoms with van der Waals surface area (Å²) in [7, 11) is 0. The van der Waals surface area contributed by atoms with Crippen LogP contribution in [0.1, 0.15) is 12.0 Å². The zero-order chi connectivity index (χ0) is 16.6. The summed E-state index contributed by atoms with van der Waals surface area (Å²) in [6, 6.07) is 9.21. The van der Waals surface area contributed by atoms with Crippen molar-refractivity contribution in [2.45, 2.75) is 24.7 Å². The van der Waals surface area contributed by atoms with Gasteiger partial charge in [-0.3, -0.25) is 9.59 Å². The third-order valence-electron chi connectivity index (χ3n) is 4.79. The molecule has 0 spiro atoms. The van der Waals surface area contributed by atoms with Crippen molar-refractivity contribution < 1.29 is 24.5 Å². The maximum atomic E-state index is 11.8. The number of carboxylic acid groups (broad SMARTS) is 2. The highest BCUT2D eigenvalue weighted by Gasteiger charge is 2.75. The molecular weight excluding hydrogens is 302 g/mol. The number of rotatable bonds is 6. The van der Waals surface area contributed by atoms with E-state index in [-0.39, 0.29) is 18.9 Å². The van der Waals surface area contributed by atoms with Crippen LogP contribution in [-0.2, 0) is 20.9 Å². The molecule has 5 atom stereocenters. The van der Waals surface area contributed by atoms with E-state index >= 15 is 0 Å². The number of hydrogen-bond acceptors (Lipinski definition) is 4. The third-order valence-corrected chi connectivity index (χ3v) is 4.79. The maximum Gasteiger partial charge on any atom is 0.318 e. The molecule has 2 saturated carbocycles. The van der Waals surface area contributed by atoms with Gasteiger partial charge in [-0.15, -0.1) is 0 Å². The number of hydrogen-bond donors (Lipinski definition) is 2. The summed E-state index contributed by atoms with van der Waals surface area (Å²) in [5, 5.41) is 22.3. The van der Waals surface area contributed by atoms with Crippen LogP contribution in [0.4, 0.5) is 0 Å². The topological polar surface area (TPSA) is 133 Å². The normalized spacial score (nSPS) is 34.3. The Morgan fingerprint density at radius 3 is 2.61 bits per heavy atom. The smallest absolute Gasteiger partial charge is 0.318 e. The predicted octanol–water partition coefficient (Wildman–Crippen LogP) is 2.06. The summed E-state index contributed by atoms with van der Waals surface area (Å²) in [5.74, 6) is -4.21. The van der Waals surface area contributed by atoms with Crippen LogP contribution in [0.3, 0.4) is 0 Å². The molecule has 23 heavy (non-hydrogen) atoms. The van der Waals surface area contributed by atoms with Crippen molar-refractivity contribution >= 4 is 11.9 Å². The summed E-state index contributed by atoms with van der Waals surface area (Å²) in [4.78, 5) is 25.7. The Hall–Kier alpha value is -2.57. The third kappa shape index (κ3) is 2.32. The lowest BCUT2D eigenvalue weighted by molar-refractivity contribution is -0.152. The highest BCUT2D eigenvalue weighted by molar-refractivity contribution is 5.86. The van der Waals surface area contributed by atoms with Crippen molar-refractivity contribution in [2.75, 3.05) is 0 Å². The van der Waals surface area contributed by atoms with Crippen molar-refractivity contribution in [3.8, 4) is 0 Å². The second kappa shape index (κ2) is 5.57. The van der Waals surface area contributed by atoms with Crippen LogP contribution in [0.15, 0.2) is 35.4 Å².